The van der Waals surface area contributed by atoms with Crippen LogP contribution in [-0.2, 0) is 12.8 Å². The highest BCUT2D eigenvalue weighted by Crippen LogP contribution is 2.29. The Labute approximate surface area is 188 Å². The number of carbonyl (C=O) groups is 1. The van der Waals surface area contributed by atoms with Crippen LogP contribution in [0.4, 0.5) is 5.82 Å². The Bertz CT molecular complexity index is 1390. The first-order valence-electron chi connectivity index (χ1n) is 10.4. The Kier molecular flexibility index (Phi) is 5.17. The van der Waals surface area contributed by atoms with E-state index in [2.05, 4.69) is 20.4 Å². The van der Waals surface area contributed by atoms with Gasteiger partial charge < -0.3 is 19.2 Å². The van der Waals surface area contributed by atoms with E-state index < -0.39 is 5.91 Å². The van der Waals surface area contributed by atoms with E-state index in [9.17, 15) is 9.59 Å². The normalized spacial score (nSPS) is 12.4. The number of aryl methyl sites for hydroxylation is 1. The molecule has 0 saturated carbocycles. The van der Waals surface area contributed by atoms with E-state index in [4.69, 9.17) is 13.9 Å². The maximum Gasteiger partial charge on any atom is 0.256 e. The third kappa shape index (κ3) is 3.75. The molecule has 3 aromatic heterocycles. The monoisotopic (exact) mass is 447 g/mol. The Morgan fingerprint density at radius 1 is 1.15 bits per heavy atom. The van der Waals surface area contributed by atoms with Gasteiger partial charge in [-0.25, -0.2) is 4.98 Å². The van der Waals surface area contributed by atoms with Gasteiger partial charge in [0.2, 0.25) is 5.95 Å². The van der Waals surface area contributed by atoms with Gasteiger partial charge in [0.25, 0.3) is 11.5 Å². The molecule has 0 aliphatic heterocycles. The number of carbonyl (C=O) groups excluding carboxylic acids is 1. The number of ether oxygens (including phenoxy) is 2. The Morgan fingerprint density at radius 2 is 2.00 bits per heavy atom. The van der Waals surface area contributed by atoms with Crippen LogP contribution in [0.25, 0.3) is 17.4 Å². The van der Waals surface area contributed by atoms with Crippen molar-refractivity contribution in [2.24, 2.45) is 0 Å². The van der Waals surface area contributed by atoms with E-state index in [1.165, 1.54) is 25.2 Å². The molecule has 3 heterocycles. The van der Waals surface area contributed by atoms with Gasteiger partial charge >= 0.3 is 0 Å². The molecule has 1 aliphatic carbocycles. The highest BCUT2D eigenvalue weighted by atomic mass is 16.5. The minimum atomic E-state index is -0.397. The molecule has 4 aromatic rings. The topological polar surface area (TPSA) is 124 Å². The number of methoxy groups -OCH3 is 2. The largest absolute Gasteiger partial charge is 0.493 e. The van der Waals surface area contributed by atoms with Crippen molar-refractivity contribution in [3.63, 3.8) is 0 Å². The van der Waals surface area contributed by atoms with Crippen molar-refractivity contribution in [3.8, 4) is 28.9 Å². The summed E-state index contributed by atoms with van der Waals surface area (Å²) in [6, 6.07) is 10.0. The van der Waals surface area contributed by atoms with Crippen LogP contribution in [-0.4, -0.2) is 39.9 Å². The van der Waals surface area contributed by atoms with Crippen molar-refractivity contribution in [2.75, 3.05) is 19.5 Å². The van der Waals surface area contributed by atoms with Gasteiger partial charge in [0.05, 0.1) is 26.2 Å². The second-order valence-electron chi connectivity index (χ2n) is 7.50. The van der Waals surface area contributed by atoms with E-state index in [1.807, 2.05) is 0 Å². The molecule has 5 rings (SSSR count). The van der Waals surface area contributed by atoms with E-state index in [-0.39, 0.29) is 11.5 Å². The molecular formula is C23H21N5O5. The molecule has 0 spiro atoms. The quantitative estimate of drug-likeness (QED) is 0.466. The molecule has 1 aliphatic rings. The minimum absolute atomic E-state index is 0.195. The Balaban J connectivity index is 1.55. The fourth-order valence-corrected chi connectivity index (χ4v) is 3.87. The number of benzene rings is 1. The molecule has 0 bridgehead atoms. The third-order valence-corrected chi connectivity index (χ3v) is 5.50. The van der Waals surface area contributed by atoms with Crippen LogP contribution in [0.15, 0.2) is 51.9 Å². The molecule has 1 amide bonds. The summed E-state index contributed by atoms with van der Waals surface area (Å²) >= 11 is 0. The number of aromatic amines is 1. The lowest BCUT2D eigenvalue weighted by atomic mass is 10.2. The van der Waals surface area contributed by atoms with Gasteiger partial charge in [0, 0.05) is 17.2 Å². The zero-order valence-corrected chi connectivity index (χ0v) is 18.0. The molecule has 33 heavy (non-hydrogen) atoms. The molecule has 1 aromatic carbocycles. The summed E-state index contributed by atoms with van der Waals surface area (Å²) in [6.45, 7) is 0. The number of hydrogen-bond acceptors (Lipinski definition) is 7. The maximum absolute atomic E-state index is 13.1. The maximum atomic E-state index is 13.1. The smallest absolute Gasteiger partial charge is 0.256 e. The summed E-state index contributed by atoms with van der Waals surface area (Å²) in [5.74, 6) is 1.60. The highest BCUT2D eigenvalue weighted by molar-refractivity contribution is 6.04. The van der Waals surface area contributed by atoms with E-state index in [0.29, 0.717) is 46.3 Å². The summed E-state index contributed by atoms with van der Waals surface area (Å²) in [5.41, 5.74) is 2.09. The molecule has 2 N–H and O–H groups in total. The number of amides is 1. The molecule has 0 unspecified atom stereocenters. The number of rotatable bonds is 6. The lowest BCUT2D eigenvalue weighted by Crippen LogP contribution is -2.21. The van der Waals surface area contributed by atoms with Gasteiger partial charge in [0.15, 0.2) is 17.3 Å². The summed E-state index contributed by atoms with van der Waals surface area (Å²) in [7, 11) is 3.02. The van der Waals surface area contributed by atoms with Crippen LogP contribution >= 0.6 is 0 Å². The summed E-state index contributed by atoms with van der Waals surface area (Å²) in [5, 5.41) is 7.37. The first-order valence-corrected chi connectivity index (χ1v) is 10.4. The third-order valence-electron chi connectivity index (χ3n) is 5.50. The van der Waals surface area contributed by atoms with Crippen molar-refractivity contribution in [1.29, 1.82) is 0 Å². The van der Waals surface area contributed by atoms with Gasteiger partial charge in [-0.3, -0.25) is 14.6 Å². The average molecular weight is 447 g/mol. The standard InChI is InChI=1S/C23H21N5O5/c1-31-18-9-8-13(11-19(18)32-2)21(29)25-20-12-16(17-7-4-10-33-17)27-28(20)23-24-15-6-3-5-14(15)22(30)26-23/h4,7-12H,3,5-6H2,1-2H3,(H,25,29)(H,24,26,30). The lowest BCUT2D eigenvalue weighted by Gasteiger charge is -2.11. The molecule has 0 atom stereocenters. The highest BCUT2D eigenvalue weighted by Gasteiger charge is 2.22. The van der Waals surface area contributed by atoms with Crippen molar-refractivity contribution in [3.05, 3.63) is 69.8 Å². The average Bonchev–Trinajstić information content (AvgIpc) is 3.58. The van der Waals surface area contributed by atoms with Crippen LogP contribution in [0, 0.1) is 0 Å². The predicted molar refractivity (Wildman–Crippen MR) is 119 cm³/mol. The van der Waals surface area contributed by atoms with Crippen LogP contribution < -0.4 is 20.3 Å². The first-order chi connectivity index (χ1) is 16.1. The van der Waals surface area contributed by atoms with E-state index >= 15 is 0 Å². The number of H-pyrrole nitrogens is 1. The number of anilines is 1. The fourth-order valence-electron chi connectivity index (χ4n) is 3.87. The van der Waals surface area contributed by atoms with E-state index in [1.54, 1.807) is 36.4 Å². The van der Waals surface area contributed by atoms with Crippen molar-refractivity contribution >= 4 is 11.7 Å². The molecule has 0 fully saturated rings. The van der Waals surface area contributed by atoms with Crippen molar-refractivity contribution < 1.29 is 18.7 Å². The van der Waals surface area contributed by atoms with Gasteiger partial charge in [-0.1, -0.05) is 0 Å². The summed E-state index contributed by atoms with van der Waals surface area (Å²) in [6.07, 6.45) is 3.85. The number of furan rings is 1. The van der Waals surface area contributed by atoms with Crippen molar-refractivity contribution in [1.82, 2.24) is 19.7 Å². The Hall–Kier alpha value is -4.34. The summed E-state index contributed by atoms with van der Waals surface area (Å²) < 4.78 is 17.4. The van der Waals surface area contributed by atoms with E-state index in [0.717, 1.165) is 18.5 Å². The second kappa shape index (κ2) is 8.30. The van der Waals surface area contributed by atoms with Gasteiger partial charge in [-0.05, 0) is 49.6 Å². The molecule has 0 saturated heterocycles. The second-order valence-corrected chi connectivity index (χ2v) is 7.50. The number of fused-ring (bicyclic) bond motifs is 1. The lowest BCUT2D eigenvalue weighted by molar-refractivity contribution is 0.102. The van der Waals surface area contributed by atoms with Gasteiger partial charge in [0.1, 0.15) is 11.5 Å². The number of nitrogens with zero attached hydrogens (tertiary/aromatic N) is 3. The number of aromatic nitrogens is 4. The van der Waals surface area contributed by atoms with Gasteiger partial charge in [-0.2, -0.15) is 9.78 Å². The molecule has 168 valence electrons. The van der Waals surface area contributed by atoms with Crippen LogP contribution in [0.5, 0.6) is 11.5 Å². The van der Waals surface area contributed by atoms with Crippen LogP contribution in [0.1, 0.15) is 28.0 Å². The van der Waals surface area contributed by atoms with Crippen LogP contribution in [0.2, 0.25) is 0 Å². The summed E-state index contributed by atoms with van der Waals surface area (Å²) in [4.78, 5) is 33.0. The number of hydrogen-bond donors (Lipinski definition) is 2. The minimum Gasteiger partial charge on any atom is -0.493 e. The fraction of sp³-hybridized carbons (Fsp3) is 0.217. The molecule has 10 heteroatoms. The zero-order chi connectivity index (χ0) is 22.9. The molecule has 0 radical (unpaired) electrons. The number of nitrogens with one attached hydrogen (secondary N) is 2. The molecule has 10 nitrogen and oxygen atoms in total. The predicted octanol–water partition coefficient (Wildman–Crippen LogP) is 2.97. The van der Waals surface area contributed by atoms with Crippen molar-refractivity contribution in [2.45, 2.75) is 19.3 Å². The molecular weight excluding hydrogens is 426 g/mol. The zero-order valence-electron chi connectivity index (χ0n) is 18.0. The van der Waals surface area contributed by atoms with Crippen LogP contribution in [0.3, 0.4) is 0 Å². The Morgan fingerprint density at radius 3 is 2.76 bits per heavy atom. The first kappa shape index (κ1) is 20.6. The SMILES string of the molecule is COc1ccc(C(=O)Nc2cc(-c3ccco3)nn2-c2nc3c(c(=O)[nH]2)CCC3)cc1OC. The van der Waals surface area contributed by atoms with Gasteiger partial charge in [-0.15, -0.1) is 0 Å².